The molecule has 0 saturated carbocycles. The van der Waals surface area contributed by atoms with Gasteiger partial charge in [-0.25, -0.2) is 13.8 Å². The van der Waals surface area contributed by atoms with Crippen LogP contribution in [0.3, 0.4) is 0 Å². The smallest absolute Gasteiger partial charge is 0.221 e. The summed E-state index contributed by atoms with van der Waals surface area (Å²) in [5.74, 6) is -0.766. The average Bonchev–Trinajstić information content (AvgIpc) is 2.78. The Labute approximate surface area is 174 Å². The third kappa shape index (κ3) is 3.48. The lowest BCUT2D eigenvalue weighted by Gasteiger charge is -2.37. The summed E-state index contributed by atoms with van der Waals surface area (Å²) < 4.78 is 44.5. The van der Waals surface area contributed by atoms with E-state index in [4.69, 9.17) is 14.2 Å². The molecule has 1 aromatic heterocycles. The molecule has 0 radical (unpaired) electrons. The zero-order chi connectivity index (χ0) is 21.4. The van der Waals surface area contributed by atoms with E-state index in [0.717, 1.165) is 22.9 Å². The molecule has 0 amide bonds. The van der Waals surface area contributed by atoms with E-state index in [1.807, 2.05) is 31.3 Å². The number of benzene rings is 2. The Hall–Kier alpha value is -2.77. The van der Waals surface area contributed by atoms with Crippen LogP contribution in [0, 0.1) is 11.6 Å². The van der Waals surface area contributed by atoms with E-state index in [-0.39, 0.29) is 18.0 Å². The fourth-order valence-electron chi connectivity index (χ4n) is 4.04. The van der Waals surface area contributed by atoms with Crippen LogP contribution in [0.4, 0.5) is 8.78 Å². The minimum absolute atomic E-state index is 0.0397. The van der Waals surface area contributed by atoms with Crippen LogP contribution in [0.2, 0.25) is 0 Å². The third-order valence-electron chi connectivity index (χ3n) is 5.87. The first-order chi connectivity index (χ1) is 14.4. The highest BCUT2D eigenvalue weighted by Gasteiger charge is 2.32. The number of hydrogen-bond acceptors (Lipinski definition) is 5. The van der Waals surface area contributed by atoms with E-state index in [1.165, 1.54) is 13.2 Å². The van der Waals surface area contributed by atoms with Gasteiger partial charge in [0.05, 0.1) is 39.2 Å². The quantitative estimate of drug-likeness (QED) is 0.600. The molecule has 3 aromatic rings. The van der Waals surface area contributed by atoms with Gasteiger partial charge in [0.2, 0.25) is 5.88 Å². The van der Waals surface area contributed by atoms with E-state index in [2.05, 4.69) is 16.8 Å². The molecule has 1 aliphatic rings. The minimum Gasteiger partial charge on any atom is -0.497 e. The Morgan fingerprint density at radius 1 is 1.07 bits per heavy atom. The van der Waals surface area contributed by atoms with Crippen LogP contribution in [0.1, 0.15) is 35.8 Å². The molecule has 4 rings (SSSR count). The van der Waals surface area contributed by atoms with Crippen LogP contribution in [-0.2, 0) is 11.3 Å². The maximum absolute atomic E-state index is 14.2. The van der Waals surface area contributed by atoms with Crippen molar-refractivity contribution in [2.75, 3.05) is 27.9 Å². The summed E-state index contributed by atoms with van der Waals surface area (Å²) in [4.78, 5) is 6.70. The van der Waals surface area contributed by atoms with Crippen molar-refractivity contribution in [2.45, 2.75) is 25.6 Å². The number of rotatable bonds is 5. The van der Waals surface area contributed by atoms with Crippen molar-refractivity contribution in [1.29, 1.82) is 0 Å². The van der Waals surface area contributed by atoms with Gasteiger partial charge in [-0.2, -0.15) is 0 Å². The Morgan fingerprint density at radius 3 is 2.37 bits per heavy atom. The minimum atomic E-state index is -0.925. The Morgan fingerprint density at radius 2 is 1.73 bits per heavy atom. The largest absolute Gasteiger partial charge is 0.497 e. The molecule has 5 nitrogen and oxygen atoms in total. The number of ether oxygens (including phenoxy) is 3. The Kier molecular flexibility index (Phi) is 5.58. The molecule has 1 aliphatic heterocycles. The number of hydrogen-bond donors (Lipinski definition) is 0. The summed E-state index contributed by atoms with van der Waals surface area (Å²) >= 11 is 0. The summed E-state index contributed by atoms with van der Waals surface area (Å²) in [6.45, 7) is 2.81. The first-order valence-corrected chi connectivity index (χ1v) is 9.73. The summed E-state index contributed by atoms with van der Waals surface area (Å²) in [5.41, 5.74) is 2.63. The normalized spacial score (nSPS) is 17.1. The zero-order valence-corrected chi connectivity index (χ0v) is 17.4. The number of aromatic nitrogens is 1. The molecule has 0 saturated heterocycles. The van der Waals surface area contributed by atoms with Gasteiger partial charge in [0.15, 0.2) is 11.6 Å². The highest BCUT2D eigenvalue weighted by atomic mass is 19.2. The molecule has 0 N–H and O–H groups in total. The van der Waals surface area contributed by atoms with Crippen LogP contribution in [0.25, 0.3) is 10.8 Å². The van der Waals surface area contributed by atoms with E-state index < -0.39 is 11.6 Å². The maximum Gasteiger partial charge on any atom is 0.221 e. The highest BCUT2D eigenvalue weighted by molar-refractivity contribution is 5.91. The SMILES string of the molecule is COc1ccc(C(C)N(C)C2COCc3nc(OC)c4cc(F)c(F)cc4c32)cc1. The van der Waals surface area contributed by atoms with Crippen molar-refractivity contribution in [3.05, 3.63) is 64.9 Å². The molecule has 0 bridgehead atoms. The van der Waals surface area contributed by atoms with Crippen molar-refractivity contribution in [3.63, 3.8) is 0 Å². The summed E-state index contributed by atoms with van der Waals surface area (Å²) in [7, 11) is 5.09. The second kappa shape index (κ2) is 8.16. The molecule has 0 spiro atoms. The molecule has 2 unspecified atom stereocenters. The van der Waals surface area contributed by atoms with Crippen molar-refractivity contribution >= 4 is 10.8 Å². The van der Waals surface area contributed by atoms with Gasteiger partial charge < -0.3 is 14.2 Å². The number of nitrogens with zero attached hydrogens (tertiary/aromatic N) is 2. The number of fused-ring (bicyclic) bond motifs is 3. The van der Waals surface area contributed by atoms with Crippen LogP contribution in [-0.4, -0.2) is 37.8 Å². The lowest BCUT2D eigenvalue weighted by molar-refractivity contribution is 0.0270. The predicted octanol–water partition coefficient (Wildman–Crippen LogP) is 4.79. The monoisotopic (exact) mass is 414 g/mol. The molecule has 158 valence electrons. The van der Waals surface area contributed by atoms with Gasteiger partial charge in [-0.3, -0.25) is 4.90 Å². The van der Waals surface area contributed by atoms with Crippen LogP contribution in [0.15, 0.2) is 36.4 Å². The number of halogens is 2. The molecule has 0 aliphatic carbocycles. The van der Waals surface area contributed by atoms with Gasteiger partial charge in [0, 0.05) is 17.0 Å². The molecule has 2 aromatic carbocycles. The summed E-state index contributed by atoms with van der Waals surface area (Å²) in [5, 5.41) is 1.05. The fourth-order valence-corrected chi connectivity index (χ4v) is 4.04. The third-order valence-corrected chi connectivity index (χ3v) is 5.87. The lowest BCUT2D eigenvalue weighted by Crippen LogP contribution is -2.34. The topological polar surface area (TPSA) is 43.8 Å². The number of methoxy groups -OCH3 is 2. The first kappa shape index (κ1) is 20.5. The summed E-state index contributed by atoms with van der Waals surface area (Å²) in [6, 6.07) is 10.1. The molecular weight excluding hydrogens is 390 g/mol. The lowest BCUT2D eigenvalue weighted by atomic mass is 9.93. The van der Waals surface area contributed by atoms with E-state index in [0.29, 0.717) is 29.7 Å². The van der Waals surface area contributed by atoms with E-state index in [1.54, 1.807) is 7.11 Å². The average molecular weight is 414 g/mol. The van der Waals surface area contributed by atoms with Gasteiger partial charge in [-0.1, -0.05) is 12.1 Å². The zero-order valence-electron chi connectivity index (χ0n) is 17.4. The van der Waals surface area contributed by atoms with E-state index in [9.17, 15) is 8.78 Å². The predicted molar refractivity (Wildman–Crippen MR) is 110 cm³/mol. The molecule has 2 heterocycles. The van der Waals surface area contributed by atoms with Gasteiger partial charge in [-0.05, 0) is 49.2 Å². The number of likely N-dealkylation sites (N-methyl/N-ethyl adjacent to an activating group) is 1. The molecule has 7 heteroatoms. The molecule has 0 fully saturated rings. The number of pyridine rings is 1. The van der Waals surface area contributed by atoms with Gasteiger partial charge in [-0.15, -0.1) is 0 Å². The standard InChI is InChI=1S/C23H24F2N2O3/c1-13(14-5-7-15(28-3)8-6-14)27(2)21-12-30-11-20-22(21)16-9-18(24)19(25)10-17(16)23(26-20)29-4/h5-10,13,21H,11-12H2,1-4H3. The Bertz CT molecular complexity index is 1070. The van der Waals surface area contributed by atoms with Crippen molar-refractivity contribution in [2.24, 2.45) is 0 Å². The van der Waals surface area contributed by atoms with Gasteiger partial charge in [0.25, 0.3) is 0 Å². The van der Waals surface area contributed by atoms with Crippen LogP contribution < -0.4 is 9.47 Å². The van der Waals surface area contributed by atoms with Crippen LogP contribution in [0.5, 0.6) is 11.6 Å². The van der Waals surface area contributed by atoms with Gasteiger partial charge >= 0.3 is 0 Å². The van der Waals surface area contributed by atoms with E-state index >= 15 is 0 Å². The van der Waals surface area contributed by atoms with Gasteiger partial charge in [0.1, 0.15) is 5.75 Å². The van der Waals surface area contributed by atoms with Crippen molar-refractivity contribution in [1.82, 2.24) is 9.88 Å². The van der Waals surface area contributed by atoms with Crippen molar-refractivity contribution < 1.29 is 23.0 Å². The molecule has 2 atom stereocenters. The molecule has 30 heavy (non-hydrogen) atoms. The second-order valence-corrected chi connectivity index (χ2v) is 7.44. The maximum atomic E-state index is 14.2. The first-order valence-electron chi connectivity index (χ1n) is 9.73. The van der Waals surface area contributed by atoms with Crippen LogP contribution >= 0.6 is 0 Å². The molecular formula is C23H24F2N2O3. The van der Waals surface area contributed by atoms with Crippen molar-refractivity contribution in [3.8, 4) is 11.6 Å². The Balaban J connectivity index is 1.80. The highest BCUT2D eigenvalue weighted by Crippen LogP contribution is 2.40. The second-order valence-electron chi connectivity index (χ2n) is 7.44. The summed E-state index contributed by atoms with van der Waals surface area (Å²) in [6.07, 6.45) is 0. The fraction of sp³-hybridized carbons (Fsp3) is 0.348.